The van der Waals surface area contributed by atoms with Gasteiger partial charge in [0.25, 0.3) is 0 Å². The van der Waals surface area contributed by atoms with E-state index in [4.69, 9.17) is 14.2 Å². The molecule has 2 saturated heterocycles. The average Bonchev–Trinajstić information content (AvgIpc) is 3.04. The average molecular weight is 430 g/mol. The van der Waals surface area contributed by atoms with Crippen molar-refractivity contribution in [3.63, 3.8) is 0 Å². The molecule has 0 aromatic heterocycles. The minimum atomic E-state index is -0.156. The van der Waals surface area contributed by atoms with Gasteiger partial charge in [-0.1, -0.05) is 18.2 Å². The summed E-state index contributed by atoms with van der Waals surface area (Å²) in [5, 5.41) is 0. The van der Waals surface area contributed by atoms with Gasteiger partial charge in [-0.3, -0.25) is 24.3 Å². The Kier molecular flexibility index (Phi) is 6.48. The van der Waals surface area contributed by atoms with Crippen LogP contribution in [0.15, 0.2) is 24.3 Å². The number of hydrogen-bond acceptors (Lipinski definition) is 7. The number of carbonyl (C=O) groups excluding carboxylic acids is 2. The molecule has 2 heterocycles. The van der Waals surface area contributed by atoms with E-state index in [0.717, 1.165) is 38.3 Å². The van der Waals surface area contributed by atoms with Crippen LogP contribution in [0.4, 0.5) is 0 Å². The third kappa shape index (κ3) is 4.14. The maximum atomic E-state index is 12.7. The molecule has 4 rings (SSSR count). The zero-order chi connectivity index (χ0) is 22.0. The number of imide groups is 1. The van der Waals surface area contributed by atoms with Crippen LogP contribution in [0.2, 0.25) is 0 Å². The predicted molar refractivity (Wildman–Crippen MR) is 115 cm³/mol. The van der Waals surface area contributed by atoms with E-state index in [1.807, 2.05) is 24.3 Å². The lowest BCUT2D eigenvalue weighted by atomic mass is 9.85. The quantitative estimate of drug-likeness (QED) is 0.483. The number of likely N-dealkylation sites (tertiary alicyclic amines) is 1. The molecular formula is C23H31N3O5. The first-order chi connectivity index (χ1) is 15.1. The van der Waals surface area contributed by atoms with Crippen molar-refractivity contribution < 1.29 is 23.8 Å². The minimum Gasteiger partial charge on any atom is -0.493 e. The standard InChI is InChI=1S/C23H31N3O5/c1-29-19-9-8-16(20(30-2)21(19)31-3)14-24-10-12-25(13-11-24)15-26-22(27)17-6-4-5-7-18(17)23(26)28/h4-5,8-9,17-18H,6-7,10-15H2,1-3H3/t17-,18-/m0/s1. The molecule has 0 bridgehead atoms. The summed E-state index contributed by atoms with van der Waals surface area (Å²) in [7, 11) is 4.85. The predicted octanol–water partition coefficient (Wildman–Crippen LogP) is 1.74. The molecule has 8 heteroatoms. The number of amides is 2. The van der Waals surface area contributed by atoms with Crippen LogP contribution >= 0.6 is 0 Å². The van der Waals surface area contributed by atoms with Crippen LogP contribution in [0.5, 0.6) is 17.2 Å². The first-order valence-electron chi connectivity index (χ1n) is 10.8. The number of nitrogens with zero attached hydrogens (tertiary/aromatic N) is 3. The molecule has 0 N–H and O–H groups in total. The van der Waals surface area contributed by atoms with E-state index in [-0.39, 0.29) is 23.7 Å². The Hall–Kier alpha value is -2.58. The van der Waals surface area contributed by atoms with Gasteiger partial charge in [-0.15, -0.1) is 0 Å². The summed E-state index contributed by atoms with van der Waals surface area (Å²) in [5.74, 6) is 1.61. The van der Waals surface area contributed by atoms with Gasteiger partial charge in [0.1, 0.15) is 0 Å². The second-order valence-corrected chi connectivity index (χ2v) is 8.29. The highest BCUT2D eigenvalue weighted by atomic mass is 16.5. The molecule has 0 spiro atoms. The summed E-state index contributed by atoms with van der Waals surface area (Å²) >= 11 is 0. The normalized spacial score (nSPS) is 24.4. The van der Waals surface area contributed by atoms with Gasteiger partial charge in [-0.2, -0.15) is 0 Å². The van der Waals surface area contributed by atoms with Crippen molar-refractivity contribution in [3.8, 4) is 17.2 Å². The molecule has 8 nitrogen and oxygen atoms in total. The molecule has 31 heavy (non-hydrogen) atoms. The van der Waals surface area contributed by atoms with Gasteiger partial charge in [0.2, 0.25) is 17.6 Å². The van der Waals surface area contributed by atoms with Gasteiger partial charge >= 0.3 is 0 Å². The number of allylic oxidation sites excluding steroid dienone is 2. The Morgan fingerprint density at radius 1 is 0.806 bits per heavy atom. The van der Waals surface area contributed by atoms with Gasteiger partial charge < -0.3 is 14.2 Å². The van der Waals surface area contributed by atoms with Gasteiger partial charge in [0.15, 0.2) is 11.5 Å². The lowest BCUT2D eigenvalue weighted by Crippen LogP contribution is -2.51. The van der Waals surface area contributed by atoms with E-state index in [1.54, 1.807) is 21.3 Å². The van der Waals surface area contributed by atoms with Crippen LogP contribution in [0, 0.1) is 11.8 Å². The van der Waals surface area contributed by atoms with E-state index < -0.39 is 0 Å². The molecule has 3 aliphatic rings. The lowest BCUT2D eigenvalue weighted by Gasteiger charge is -2.36. The van der Waals surface area contributed by atoms with Crippen LogP contribution in [0.1, 0.15) is 18.4 Å². The summed E-state index contributed by atoms with van der Waals surface area (Å²) in [4.78, 5) is 31.4. The summed E-state index contributed by atoms with van der Waals surface area (Å²) < 4.78 is 16.5. The van der Waals surface area contributed by atoms with Gasteiger partial charge in [0.05, 0.1) is 39.8 Å². The zero-order valence-electron chi connectivity index (χ0n) is 18.5. The van der Waals surface area contributed by atoms with Crippen LogP contribution in [-0.2, 0) is 16.1 Å². The Bertz CT molecular complexity index is 837. The molecule has 1 aromatic carbocycles. The molecular weight excluding hydrogens is 398 g/mol. The van der Waals surface area contributed by atoms with Crippen molar-refractivity contribution in [2.24, 2.45) is 11.8 Å². The number of hydrogen-bond donors (Lipinski definition) is 0. The number of benzene rings is 1. The molecule has 0 radical (unpaired) electrons. The molecule has 2 aliphatic heterocycles. The van der Waals surface area contributed by atoms with E-state index in [9.17, 15) is 9.59 Å². The van der Waals surface area contributed by atoms with Crippen molar-refractivity contribution in [1.82, 2.24) is 14.7 Å². The second kappa shape index (κ2) is 9.28. The fraction of sp³-hybridized carbons (Fsp3) is 0.565. The summed E-state index contributed by atoms with van der Waals surface area (Å²) in [5.41, 5.74) is 1.04. The SMILES string of the molecule is COc1ccc(CN2CCN(CN3C(=O)[C@H]4CC=CC[C@@H]4C3=O)CC2)c(OC)c1OC. The number of methoxy groups -OCH3 is 3. The van der Waals surface area contributed by atoms with E-state index in [2.05, 4.69) is 9.80 Å². The van der Waals surface area contributed by atoms with Gasteiger partial charge in [0, 0.05) is 38.3 Å². The van der Waals surface area contributed by atoms with Gasteiger partial charge in [-0.25, -0.2) is 0 Å². The molecule has 2 amide bonds. The smallest absolute Gasteiger partial charge is 0.234 e. The third-order valence-electron chi connectivity index (χ3n) is 6.58. The number of piperazine rings is 1. The van der Waals surface area contributed by atoms with E-state index >= 15 is 0 Å². The third-order valence-corrected chi connectivity index (χ3v) is 6.58. The van der Waals surface area contributed by atoms with Crippen LogP contribution in [0.25, 0.3) is 0 Å². The number of rotatable bonds is 7. The molecule has 2 atom stereocenters. The van der Waals surface area contributed by atoms with Crippen molar-refractivity contribution in [2.45, 2.75) is 19.4 Å². The number of carbonyl (C=O) groups is 2. The fourth-order valence-electron chi connectivity index (χ4n) is 4.83. The van der Waals surface area contributed by atoms with Crippen molar-refractivity contribution in [3.05, 3.63) is 29.8 Å². The molecule has 1 aliphatic carbocycles. The molecule has 2 fully saturated rings. The summed E-state index contributed by atoms with van der Waals surface area (Å²) in [6.45, 7) is 4.44. The number of ether oxygens (including phenoxy) is 3. The van der Waals surface area contributed by atoms with Crippen molar-refractivity contribution >= 4 is 11.8 Å². The molecule has 168 valence electrons. The first kappa shape index (κ1) is 21.6. The molecule has 0 saturated carbocycles. The minimum absolute atomic E-state index is 0.00292. The number of fused-ring (bicyclic) bond motifs is 1. The van der Waals surface area contributed by atoms with Crippen molar-refractivity contribution in [1.29, 1.82) is 0 Å². The van der Waals surface area contributed by atoms with Crippen LogP contribution < -0.4 is 14.2 Å². The highest BCUT2D eigenvalue weighted by molar-refractivity contribution is 6.05. The van der Waals surface area contributed by atoms with E-state index in [0.29, 0.717) is 36.8 Å². The van der Waals surface area contributed by atoms with Gasteiger partial charge in [-0.05, 0) is 18.9 Å². The Morgan fingerprint density at radius 3 is 1.94 bits per heavy atom. The van der Waals surface area contributed by atoms with Crippen molar-refractivity contribution in [2.75, 3.05) is 54.2 Å². The maximum absolute atomic E-state index is 12.7. The highest BCUT2D eigenvalue weighted by Crippen LogP contribution is 2.40. The van der Waals surface area contributed by atoms with E-state index in [1.165, 1.54) is 4.90 Å². The van der Waals surface area contributed by atoms with Crippen LogP contribution in [0.3, 0.4) is 0 Å². The monoisotopic (exact) mass is 429 g/mol. The Balaban J connectivity index is 1.35. The molecule has 0 unspecified atom stereocenters. The topological polar surface area (TPSA) is 71.6 Å². The maximum Gasteiger partial charge on any atom is 0.234 e. The van der Waals surface area contributed by atoms with Crippen LogP contribution in [-0.4, -0.2) is 80.7 Å². The summed E-state index contributed by atoms with van der Waals surface area (Å²) in [6, 6.07) is 3.90. The Morgan fingerprint density at radius 2 is 1.39 bits per heavy atom. The largest absolute Gasteiger partial charge is 0.493 e. The lowest BCUT2D eigenvalue weighted by molar-refractivity contribution is -0.142. The zero-order valence-corrected chi connectivity index (χ0v) is 18.5. The highest BCUT2D eigenvalue weighted by Gasteiger charge is 2.47. The second-order valence-electron chi connectivity index (χ2n) is 8.29. The fourth-order valence-corrected chi connectivity index (χ4v) is 4.83. The molecule has 1 aromatic rings. The first-order valence-corrected chi connectivity index (χ1v) is 10.8. The summed E-state index contributed by atoms with van der Waals surface area (Å²) in [6.07, 6.45) is 5.42. The Labute approximate surface area is 183 Å².